The molecule has 1 N–H and O–H groups in total. The summed E-state index contributed by atoms with van der Waals surface area (Å²) >= 11 is 1.65. The van der Waals surface area contributed by atoms with Crippen molar-refractivity contribution in [2.24, 2.45) is 0 Å². The van der Waals surface area contributed by atoms with Crippen LogP contribution in [0.5, 0.6) is 0 Å². The first kappa shape index (κ1) is 24.8. The molecule has 6 nitrogen and oxygen atoms in total. The average molecular weight is 477 g/mol. The number of nitrogens with one attached hydrogen (secondary N) is 1. The van der Waals surface area contributed by atoms with Gasteiger partial charge in [0.15, 0.2) is 0 Å². The number of amides is 1. The summed E-state index contributed by atoms with van der Waals surface area (Å²) in [5, 5.41) is 3.04. The summed E-state index contributed by atoms with van der Waals surface area (Å²) in [7, 11) is -3.50. The van der Waals surface area contributed by atoms with Crippen LogP contribution in [0.2, 0.25) is 0 Å². The summed E-state index contributed by atoms with van der Waals surface area (Å²) in [6.07, 6.45) is 2.42. The van der Waals surface area contributed by atoms with Crippen molar-refractivity contribution >= 4 is 27.7 Å². The van der Waals surface area contributed by atoms with Gasteiger partial charge in [-0.2, -0.15) is 4.31 Å². The number of hydrogen-bond acceptors (Lipinski definition) is 5. The summed E-state index contributed by atoms with van der Waals surface area (Å²) in [6, 6.07) is 14.1. The van der Waals surface area contributed by atoms with Gasteiger partial charge in [-0.05, 0) is 49.6 Å². The molecule has 1 heterocycles. The fraction of sp³-hybridized carbons (Fsp3) is 0.458. The van der Waals surface area contributed by atoms with E-state index < -0.39 is 10.0 Å². The zero-order valence-electron chi connectivity index (χ0n) is 18.9. The number of benzene rings is 2. The van der Waals surface area contributed by atoms with Gasteiger partial charge in [-0.3, -0.25) is 4.79 Å². The maximum atomic E-state index is 13.0. The van der Waals surface area contributed by atoms with Crippen LogP contribution in [0.25, 0.3) is 0 Å². The van der Waals surface area contributed by atoms with Gasteiger partial charge >= 0.3 is 0 Å². The highest BCUT2D eigenvalue weighted by atomic mass is 32.2. The van der Waals surface area contributed by atoms with Crippen LogP contribution in [0, 0.1) is 0 Å². The van der Waals surface area contributed by atoms with Gasteiger partial charge in [0.2, 0.25) is 10.0 Å². The van der Waals surface area contributed by atoms with Gasteiger partial charge in [-0.15, -0.1) is 11.8 Å². The van der Waals surface area contributed by atoms with Crippen LogP contribution in [0.3, 0.4) is 0 Å². The van der Waals surface area contributed by atoms with Crippen molar-refractivity contribution in [2.45, 2.75) is 55.5 Å². The topological polar surface area (TPSA) is 75.7 Å². The van der Waals surface area contributed by atoms with Crippen LogP contribution in [-0.2, 0) is 14.8 Å². The fourth-order valence-corrected chi connectivity index (χ4v) is 6.31. The zero-order chi connectivity index (χ0) is 23.1. The summed E-state index contributed by atoms with van der Waals surface area (Å²) < 4.78 is 32.5. The molecule has 8 heteroatoms. The Morgan fingerprint density at radius 3 is 2.47 bits per heavy atom. The molecule has 1 saturated heterocycles. The number of rotatable bonds is 10. The molecular weight excluding hydrogens is 444 g/mol. The maximum Gasteiger partial charge on any atom is 0.252 e. The molecule has 0 bridgehead atoms. The Labute approximate surface area is 195 Å². The largest absolute Gasteiger partial charge is 0.377 e. The lowest BCUT2D eigenvalue weighted by Gasteiger charge is -2.20. The van der Waals surface area contributed by atoms with Gasteiger partial charge in [-0.1, -0.05) is 38.1 Å². The minimum atomic E-state index is -3.50. The number of nitrogens with zero attached hydrogens (tertiary/aromatic N) is 1. The second-order valence-corrected chi connectivity index (χ2v) is 10.8. The molecule has 0 aromatic heterocycles. The molecule has 2 unspecified atom stereocenters. The minimum Gasteiger partial charge on any atom is -0.377 e. The average Bonchev–Trinajstić information content (AvgIpc) is 3.32. The number of carbonyl (C=O) groups is 1. The van der Waals surface area contributed by atoms with Crippen molar-refractivity contribution in [3.8, 4) is 0 Å². The van der Waals surface area contributed by atoms with E-state index in [1.165, 1.54) is 4.31 Å². The van der Waals surface area contributed by atoms with E-state index in [-0.39, 0.29) is 22.9 Å². The standard InChI is InChI=1S/C24H32N2O4S2/c1-4-26(5-2)32(28,29)21-14-12-19(13-15-21)18(3)25-24(27)22-10-6-7-11-23(22)31-17-20-9-8-16-30-20/h6-7,10-15,18,20H,4-5,8-9,16-17H2,1-3H3,(H,25,27). The van der Waals surface area contributed by atoms with Crippen molar-refractivity contribution in [2.75, 3.05) is 25.4 Å². The molecule has 0 saturated carbocycles. The smallest absolute Gasteiger partial charge is 0.252 e. The summed E-state index contributed by atoms with van der Waals surface area (Å²) in [5.41, 5.74) is 1.49. The van der Waals surface area contributed by atoms with Crippen molar-refractivity contribution < 1.29 is 17.9 Å². The Hall–Kier alpha value is -1.87. The normalized spacial score (nSPS) is 17.4. The van der Waals surface area contributed by atoms with Crippen molar-refractivity contribution in [1.29, 1.82) is 0 Å². The van der Waals surface area contributed by atoms with Crippen LogP contribution >= 0.6 is 11.8 Å². The van der Waals surface area contributed by atoms with E-state index in [2.05, 4.69) is 5.32 Å². The maximum absolute atomic E-state index is 13.0. The lowest BCUT2D eigenvalue weighted by molar-refractivity contribution is 0.0936. The molecule has 1 aliphatic rings. The van der Waals surface area contributed by atoms with Gasteiger partial charge in [0, 0.05) is 30.3 Å². The Balaban J connectivity index is 1.67. The highest BCUT2D eigenvalue weighted by Crippen LogP contribution is 2.27. The minimum absolute atomic E-state index is 0.146. The first-order chi connectivity index (χ1) is 15.4. The molecule has 3 rings (SSSR count). The van der Waals surface area contributed by atoms with Gasteiger partial charge < -0.3 is 10.1 Å². The van der Waals surface area contributed by atoms with Gasteiger partial charge in [0.1, 0.15) is 0 Å². The summed E-state index contributed by atoms with van der Waals surface area (Å²) in [6.45, 7) is 7.22. The molecule has 0 radical (unpaired) electrons. The lowest BCUT2D eigenvalue weighted by atomic mass is 10.1. The predicted octanol–water partition coefficient (Wildman–Crippen LogP) is 4.48. The Bertz CT molecular complexity index is 999. The van der Waals surface area contributed by atoms with Crippen molar-refractivity contribution in [3.05, 3.63) is 59.7 Å². The van der Waals surface area contributed by atoms with Gasteiger partial charge in [0.25, 0.3) is 5.91 Å². The molecular formula is C24H32N2O4S2. The molecule has 0 aliphatic carbocycles. The van der Waals surface area contributed by atoms with Crippen LogP contribution < -0.4 is 5.32 Å². The van der Waals surface area contributed by atoms with E-state index >= 15 is 0 Å². The Morgan fingerprint density at radius 2 is 1.84 bits per heavy atom. The number of thioether (sulfide) groups is 1. The number of carbonyl (C=O) groups excluding carboxylic acids is 1. The first-order valence-electron chi connectivity index (χ1n) is 11.1. The van der Waals surface area contributed by atoms with Crippen LogP contribution in [0.4, 0.5) is 0 Å². The molecule has 32 heavy (non-hydrogen) atoms. The van der Waals surface area contributed by atoms with E-state index in [0.717, 1.165) is 35.7 Å². The molecule has 174 valence electrons. The third-order valence-electron chi connectivity index (χ3n) is 5.65. The van der Waals surface area contributed by atoms with Crippen LogP contribution in [-0.4, -0.2) is 50.2 Å². The van der Waals surface area contributed by atoms with E-state index in [1.807, 2.05) is 45.0 Å². The Kier molecular flexibility index (Phi) is 8.76. The highest BCUT2D eigenvalue weighted by molar-refractivity contribution is 7.99. The van der Waals surface area contributed by atoms with Gasteiger partial charge in [-0.25, -0.2) is 8.42 Å². The molecule has 1 fully saturated rings. The zero-order valence-corrected chi connectivity index (χ0v) is 20.5. The third kappa shape index (κ3) is 5.92. The predicted molar refractivity (Wildman–Crippen MR) is 129 cm³/mol. The second-order valence-electron chi connectivity index (χ2n) is 7.80. The number of hydrogen-bond donors (Lipinski definition) is 1. The van der Waals surface area contributed by atoms with Gasteiger partial charge in [0.05, 0.1) is 22.6 Å². The molecule has 1 amide bonds. The number of ether oxygens (including phenoxy) is 1. The van der Waals surface area contributed by atoms with Crippen molar-refractivity contribution in [1.82, 2.24) is 9.62 Å². The second kappa shape index (κ2) is 11.3. The highest BCUT2D eigenvalue weighted by Gasteiger charge is 2.22. The molecule has 2 aromatic carbocycles. The lowest BCUT2D eigenvalue weighted by Crippen LogP contribution is -2.30. The van der Waals surface area contributed by atoms with Crippen LogP contribution in [0.1, 0.15) is 55.6 Å². The van der Waals surface area contributed by atoms with E-state index in [9.17, 15) is 13.2 Å². The Morgan fingerprint density at radius 1 is 1.16 bits per heavy atom. The molecule has 2 aromatic rings. The first-order valence-corrected chi connectivity index (χ1v) is 13.5. The molecule has 1 aliphatic heterocycles. The van der Waals surface area contributed by atoms with Crippen LogP contribution in [0.15, 0.2) is 58.3 Å². The van der Waals surface area contributed by atoms with E-state index in [1.54, 1.807) is 36.0 Å². The molecule has 0 spiro atoms. The SMILES string of the molecule is CCN(CC)S(=O)(=O)c1ccc(C(C)NC(=O)c2ccccc2SCC2CCCO2)cc1. The van der Waals surface area contributed by atoms with E-state index in [0.29, 0.717) is 18.7 Å². The molecule has 2 atom stereocenters. The summed E-state index contributed by atoms with van der Waals surface area (Å²) in [4.78, 5) is 14.2. The summed E-state index contributed by atoms with van der Waals surface area (Å²) in [5.74, 6) is 0.690. The monoisotopic (exact) mass is 476 g/mol. The van der Waals surface area contributed by atoms with Crippen molar-refractivity contribution in [3.63, 3.8) is 0 Å². The fourth-order valence-electron chi connectivity index (χ4n) is 3.74. The van der Waals surface area contributed by atoms with E-state index in [4.69, 9.17) is 4.74 Å². The number of sulfonamides is 1. The third-order valence-corrected chi connectivity index (χ3v) is 8.92. The quantitative estimate of drug-likeness (QED) is 0.512.